The molecule has 4 nitrogen and oxygen atoms in total. The molecule has 2 aliphatic heterocycles. The van der Waals surface area contributed by atoms with E-state index in [9.17, 15) is 0 Å². The van der Waals surface area contributed by atoms with Crippen molar-refractivity contribution in [3.63, 3.8) is 0 Å². The normalized spacial score (nSPS) is 25.9. The topological polar surface area (TPSA) is 31.2 Å². The van der Waals surface area contributed by atoms with E-state index in [2.05, 4.69) is 55.0 Å². The molecule has 0 saturated heterocycles. The Morgan fingerprint density at radius 1 is 1.32 bits per heavy atom. The summed E-state index contributed by atoms with van der Waals surface area (Å²) >= 11 is 1.82. The van der Waals surface area contributed by atoms with Crippen LogP contribution in [0.3, 0.4) is 0 Å². The van der Waals surface area contributed by atoms with Gasteiger partial charge in [-0.15, -0.1) is 0 Å². The molecular formula is C14H24N4S. The van der Waals surface area contributed by atoms with Gasteiger partial charge in [0.2, 0.25) is 0 Å². The molecule has 0 radical (unpaired) electrons. The lowest BCUT2D eigenvalue weighted by atomic mass is 10.1. The van der Waals surface area contributed by atoms with Crippen molar-refractivity contribution in [2.24, 2.45) is 9.98 Å². The number of likely N-dealkylation sites (N-methyl/N-ethyl adjacent to an activating group) is 1. The summed E-state index contributed by atoms with van der Waals surface area (Å²) < 4.78 is 0. The average molecular weight is 280 g/mol. The summed E-state index contributed by atoms with van der Waals surface area (Å²) in [6, 6.07) is 0. The number of thioether (sulfide) groups is 1. The highest BCUT2D eigenvalue weighted by atomic mass is 32.2. The van der Waals surface area contributed by atoms with E-state index in [1.165, 1.54) is 0 Å². The molecule has 0 saturated carbocycles. The third kappa shape index (κ3) is 3.83. The van der Waals surface area contributed by atoms with Crippen LogP contribution >= 0.6 is 11.8 Å². The average Bonchev–Trinajstić information content (AvgIpc) is 2.69. The molecule has 1 unspecified atom stereocenters. The van der Waals surface area contributed by atoms with E-state index in [1.807, 2.05) is 11.8 Å². The number of hydrogen-bond acceptors (Lipinski definition) is 5. The van der Waals surface area contributed by atoms with E-state index in [-0.39, 0.29) is 4.87 Å². The number of hydrogen-bond donors (Lipinski definition) is 0. The van der Waals surface area contributed by atoms with Gasteiger partial charge in [-0.05, 0) is 40.1 Å². The predicted octanol–water partition coefficient (Wildman–Crippen LogP) is 2.09. The van der Waals surface area contributed by atoms with Crippen molar-refractivity contribution in [2.45, 2.75) is 24.6 Å². The maximum atomic E-state index is 4.95. The first-order valence-electron chi connectivity index (χ1n) is 6.83. The molecule has 5 heteroatoms. The highest BCUT2D eigenvalue weighted by Crippen LogP contribution is 2.39. The van der Waals surface area contributed by atoms with Crippen LogP contribution in [0, 0.1) is 0 Å². The predicted molar refractivity (Wildman–Crippen MR) is 85.3 cm³/mol. The second-order valence-corrected chi connectivity index (χ2v) is 7.09. The van der Waals surface area contributed by atoms with Gasteiger partial charge >= 0.3 is 0 Å². The summed E-state index contributed by atoms with van der Waals surface area (Å²) in [5.74, 6) is 1.10. The molecule has 0 aromatic heterocycles. The Hall–Kier alpha value is -0.810. The van der Waals surface area contributed by atoms with Crippen molar-refractivity contribution in [3.05, 3.63) is 12.2 Å². The highest BCUT2D eigenvalue weighted by Gasteiger charge is 2.36. The molecule has 2 aliphatic rings. The smallest absolute Gasteiger partial charge is 0.136 e. The SMILES string of the molecule is CC1=NCC2(CC=CC(N(C)CCCN(C)C)=N2)S1. The lowest BCUT2D eigenvalue weighted by molar-refractivity contribution is 0.369. The number of dihydropyridines is 1. The third-order valence-electron chi connectivity index (χ3n) is 3.40. The van der Waals surface area contributed by atoms with Gasteiger partial charge in [-0.1, -0.05) is 17.8 Å². The Morgan fingerprint density at radius 2 is 2.11 bits per heavy atom. The number of rotatable bonds is 4. The molecule has 1 atom stereocenters. The van der Waals surface area contributed by atoms with Crippen molar-refractivity contribution in [1.82, 2.24) is 9.80 Å². The molecule has 0 aromatic carbocycles. The third-order valence-corrected chi connectivity index (χ3v) is 4.59. The van der Waals surface area contributed by atoms with Gasteiger partial charge in [0, 0.05) is 20.0 Å². The zero-order valence-electron chi connectivity index (χ0n) is 12.4. The highest BCUT2D eigenvalue weighted by molar-refractivity contribution is 8.15. The minimum absolute atomic E-state index is 0.0516. The minimum Gasteiger partial charge on any atom is -0.360 e. The molecule has 0 bridgehead atoms. The van der Waals surface area contributed by atoms with Crippen molar-refractivity contribution >= 4 is 22.6 Å². The van der Waals surface area contributed by atoms with Crippen LogP contribution in [-0.4, -0.2) is 66.3 Å². The fourth-order valence-corrected chi connectivity index (χ4v) is 3.46. The first-order chi connectivity index (χ1) is 9.01. The summed E-state index contributed by atoms with van der Waals surface area (Å²) in [7, 11) is 6.36. The van der Waals surface area contributed by atoms with E-state index < -0.39 is 0 Å². The summed E-state index contributed by atoms with van der Waals surface area (Å²) in [5.41, 5.74) is 0. The molecule has 1 spiro atoms. The van der Waals surface area contributed by atoms with Gasteiger partial charge in [0.1, 0.15) is 10.7 Å². The van der Waals surface area contributed by atoms with Gasteiger partial charge in [-0.25, -0.2) is 4.99 Å². The van der Waals surface area contributed by atoms with Gasteiger partial charge < -0.3 is 9.80 Å². The maximum absolute atomic E-state index is 4.95. The molecule has 2 rings (SSSR count). The van der Waals surface area contributed by atoms with Crippen molar-refractivity contribution in [2.75, 3.05) is 40.8 Å². The van der Waals surface area contributed by atoms with Gasteiger partial charge in [-0.3, -0.25) is 4.99 Å². The van der Waals surface area contributed by atoms with Crippen LogP contribution in [0.25, 0.3) is 0 Å². The second-order valence-electron chi connectivity index (χ2n) is 5.54. The van der Waals surface area contributed by atoms with E-state index in [0.29, 0.717) is 0 Å². The largest absolute Gasteiger partial charge is 0.360 e. The summed E-state index contributed by atoms with van der Waals surface area (Å²) in [4.78, 5) is 13.9. The fraction of sp³-hybridized carbons (Fsp3) is 0.714. The van der Waals surface area contributed by atoms with E-state index in [4.69, 9.17) is 4.99 Å². The quantitative estimate of drug-likeness (QED) is 0.790. The van der Waals surface area contributed by atoms with Crippen LogP contribution in [0.5, 0.6) is 0 Å². The number of nitrogens with zero attached hydrogens (tertiary/aromatic N) is 4. The molecule has 0 N–H and O–H groups in total. The fourth-order valence-electron chi connectivity index (χ4n) is 2.33. The van der Waals surface area contributed by atoms with Crippen molar-refractivity contribution < 1.29 is 0 Å². The maximum Gasteiger partial charge on any atom is 0.136 e. The number of amidine groups is 1. The lowest BCUT2D eigenvalue weighted by Gasteiger charge is -2.29. The molecular weight excluding hydrogens is 256 g/mol. The molecule has 106 valence electrons. The molecule has 0 fully saturated rings. The Labute approximate surface area is 120 Å². The summed E-state index contributed by atoms with van der Waals surface area (Å²) in [5, 5.41) is 1.16. The van der Waals surface area contributed by atoms with Gasteiger partial charge in [-0.2, -0.15) is 0 Å². The molecule has 0 aromatic rings. The van der Waals surface area contributed by atoms with Gasteiger partial charge in [0.05, 0.1) is 11.6 Å². The monoisotopic (exact) mass is 280 g/mol. The Balaban J connectivity index is 1.93. The zero-order chi connectivity index (χ0) is 13.9. The van der Waals surface area contributed by atoms with E-state index >= 15 is 0 Å². The zero-order valence-corrected chi connectivity index (χ0v) is 13.2. The van der Waals surface area contributed by atoms with Gasteiger partial charge in [0.15, 0.2) is 0 Å². The van der Waals surface area contributed by atoms with Crippen molar-refractivity contribution in [3.8, 4) is 0 Å². The van der Waals surface area contributed by atoms with Crippen LogP contribution in [0.15, 0.2) is 22.1 Å². The van der Waals surface area contributed by atoms with E-state index in [0.717, 1.165) is 43.4 Å². The number of aliphatic imine (C=N–C) groups is 2. The summed E-state index contributed by atoms with van der Waals surface area (Å²) in [6.45, 7) is 5.06. The van der Waals surface area contributed by atoms with E-state index in [1.54, 1.807) is 0 Å². The molecule has 2 heterocycles. The van der Waals surface area contributed by atoms with Crippen LogP contribution < -0.4 is 0 Å². The molecule has 0 aliphatic carbocycles. The minimum atomic E-state index is -0.0516. The molecule has 0 amide bonds. The second kappa shape index (κ2) is 6.09. The first-order valence-corrected chi connectivity index (χ1v) is 7.65. The standard InChI is InChI=1S/C14H24N4S/c1-12-15-11-14(19-12)8-5-7-13(16-14)18(4)10-6-9-17(2)3/h5,7H,6,8-11H2,1-4H3. The Morgan fingerprint density at radius 3 is 2.74 bits per heavy atom. The van der Waals surface area contributed by atoms with Crippen LogP contribution in [0.1, 0.15) is 19.8 Å². The Kier molecular flexibility index (Phi) is 4.68. The van der Waals surface area contributed by atoms with Gasteiger partial charge in [0.25, 0.3) is 0 Å². The Bertz CT molecular complexity index is 414. The molecule has 19 heavy (non-hydrogen) atoms. The summed E-state index contributed by atoms with van der Waals surface area (Å²) in [6.07, 6.45) is 6.54. The van der Waals surface area contributed by atoms with Crippen LogP contribution in [0.4, 0.5) is 0 Å². The van der Waals surface area contributed by atoms with Crippen molar-refractivity contribution in [1.29, 1.82) is 0 Å². The first kappa shape index (κ1) is 14.6. The van der Waals surface area contributed by atoms with Crippen LogP contribution in [-0.2, 0) is 0 Å². The van der Waals surface area contributed by atoms with Crippen LogP contribution in [0.2, 0.25) is 0 Å². The lowest BCUT2D eigenvalue weighted by Crippen LogP contribution is -2.35.